The van der Waals surface area contributed by atoms with Crippen LogP contribution in [0.25, 0.3) is 0 Å². The average Bonchev–Trinajstić information content (AvgIpc) is 3.15. The van der Waals surface area contributed by atoms with Gasteiger partial charge >= 0.3 is 0 Å². The third-order valence-electron chi connectivity index (χ3n) is 4.93. The van der Waals surface area contributed by atoms with Crippen LogP contribution in [0.5, 0.6) is 5.75 Å². The normalized spacial score (nSPS) is 17.4. The molecule has 0 spiro atoms. The maximum atomic E-state index is 12.1. The molecule has 3 N–H and O–H groups in total. The first-order chi connectivity index (χ1) is 13.1. The van der Waals surface area contributed by atoms with Crippen molar-refractivity contribution in [2.24, 2.45) is 4.99 Å². The van der Waals surface area contributed by atoms with Crippen LogP contribution in [0, 0.1) is 0 Å². The summed E-state index contributed by atoms with van der Waals surface area (Å²) in [5.74, 6) is 0.617. The fourth-order valence-corrected chi connectivity index (χ4v) is 3.49. The first-order valence-corrected chi connectivity index (χ1v) is 9.94. The zero-order valence-corrected chi connectivity index (χ0v) is 16.7. The molecule has 1 aliphatic heterocycles. The molecular weight excluding hydrogens is 342 g/mol. The van der Waals surface area contributed by atoms with E-state index in [0.29, 0.717) is 19.1 Å². The van der Waals surface area contributed by atoms with Gasteiger partial charge < -0.3 is 20.6 Å². The number of carbonyl (C=O) groups is 1. The third kappa shape index (κ3) is 5.85. The third-order valence-corrected chi connectivity index (χ3v) is 4.93. The highest BCUT2D eigenvalue weighted by Crippen LogP contribution is 2.16. The van der Waals surface area contributed by atoms with Gasteiger partial charge in [0.2, 0.25) is 0 Å². The number of likely N-dealkylation sites (N-methyl/N-ethyl adjacent to an activating group) is 1. The highest BCUT2D eigenvalue weighted by Gasteiger charge is 2.27. The van der Waals surface area contributed by atoms with Crippen molar-refractivity contribution >= 4 is 11.9 Å². The summed E-state index contributed by atoms with van der Waals surface area (Å²) in [6.07, 6.45) is 1.15. The summed E-state index contributed by atoms with van der Waals surface area (Å²) in [5.41, 5.74) is 0.287. The number of aromatic hydroxyl groups is 1. The van der Waals surface area contributed by atoms with Gasteiger partial charge in [-0.25, -0.2) is 0 Å². The number of aliphatic imine (C=N–C) groups is 1. The number of nitrogens with one attached hydrogen (secondary N) is 2. The van der Waals surface area contributed by atoms with Gasteiger partial charge in [-0.1, -0.05) is 26.0 Å². The first-order valence-electron chi connectivity index (χ1n) is 9.94. The molecule has 7 heteroatoms. The van der Waals surface area contributed by atoms with E-state index in [1.54, 1.807) is 18.2 Å². The quantitative estimate of drug-likeness (QED) is 0.365. The lowest BCUT2D eigenvalue weighted by molar-refractivity contribution is 0.0952. The van der Waals surface area contributed by atoms with Gasteiger partial charge in [0, 0.05) is 32.2 Å². The topological polar surface area (TPSA) is 80.2 Å². The Balaban J connectivity index is 1.87. The predicted octanol–water partition coefficient (Wildman–Crippen LogP) is 1.50. The van der Waals surface area contributed by atoms with E-state index in [4.69, 9.17) is 0 Å². The lowest BCUT2D eigenvalue weighted by atomic mass is 10.2. The van der Waals surface area contributed by atoms with Crippen molar-refractivity contribution in [1.29, 1.82) is 0 Å². The number of hydrogen-bond donors (Lipinski definition) is 3. The van der Waals surface area contributed by atoms with Crippen molar-refractivity contribution in [3.63, 3.8) is 0 Å². The largest absolute Gasteiger partial charge is 0.507 e. The van der Waals surface area contributed by atoms with Gasteiger partial charge in [0.15, 0.2) is 5.96 Å². The number of para-hydroxylation sites is 1. The Hall–Kier alpha value is -2.28. The number of rotatable bonds is 8. The molecule has 7 nitrogen and oxygen atoms in total. The number of nitrogens with zero attached hydrogens (tertiary/aromatic N) is 3. The van der Waals surface area contributed by atoms with Crippen LogP contribution in [0.4, 0.5) is 0 Å². The Morgan fingerprint density at radius 2 is 2.00 bits per heavy atom. The second kappa shape index (κ2) is 10.8. The van der Waals surface area contributed by atoms with Crippen molar-refractivity contribution in [3.05, 3.63) is 29.8 Å². The van der Waals surface area contributed by atoms with Crippen molar-refractivity contribution in [2.45, 2.75) is 33.2 Å². The molecule has 0 saturated carbocycles. The Bertz CT molecular complexity index is 631. The van der Waals surface area contributed by atoms with Crippen LogP contribution in [0.1, 0.15) is 37.6 Å². The van der Waals surface area contributed by atoms with E-state index in [2.05, 4.69) is 46.2 Å². The van der Waals surface area contributed by atoms with Gasteiger partial charge in [0.1, 0.15) is 5.75 Å². The number of hydrogen-bond acceptors (Lipinski definition) is 4. The Morgan fingerprint density at radius 1 is 1.26 bits per heavy atom. The van der Waals surface area contributed by atoms with Crippen LogP contribution in [0.3, 0.4) is 0 Å². The molecule has 2 rings (SSSR count). The molecule has 1 aromatic rings. The smallest absolute Gasteiger partial charge is 0.255 e. The van der Waals surface area contributed by atoms with Crippen molar-refractivity contribution in [2.75, 3.05) is 45.8 Å². The van der Waals surface area contributed by atoms with Crippen LogP contribution in [-0.2, 0) is 0 Å². The molecule has 1 atom stereocenters. The van der Waals surface area contributed by atoms with Crippen molar-refractivity contribution in [1.82, 2.24) is 20.4 Å². The molecule has 1 aromatic carbocycles. The number of guanidine groups is 1. The minimum absolute atomic E-state index is 0.00801. The summed E-state index contributed by atoms with van der Waals surface area (Å²) in [5, 5.41) is 15.9. The van der Waals surface area contributed by atoms with E-state index < -0.39 is 0 Å². The molecule has 150 valence electrons. The van der Waals surface area contributed by atoms with Gasteiger partial charge in [-0.2, -0.15) is 0 Å². The van der Waals surface area contributed by atoms with Crippen LogP contribution in [-0.4, -0.2) is 78.6 Å². The van der Waals surface area contributed by atoms with Gasteiger partial charge in [-0.15, -0.1) is 0 Å². The standard InChI is InChI=1S/C20H33N5O2/c1-4-21-20(25-14-11-16(15-25)24(5-2)6-3)23-13-12-22-19(27)17-9-7-8-10-18(17)26/h7-10,16,26H,4-6,11-15H2,1-3H3,(H,21,23)(H,22,27). The van der Waals surface area contributed by atoms with Crippen LogP contribution < -0.4 is 10.6 Å². The number of likely N-dealkylation sites (tertiary alicyclic amines) is 1. The average molecular weight is 376 g/mol. The molecule has 1 amide bonds. The Morgan fingerprint density at radius 3 is 2.67 bits per heavy atom. The zero-order valence-electron chi connectivity index (χ0n) is 16.7. The second-order valence-corrected chi connectivity index (χ2v) is 6.62. The lowest BCUT2D eigenvalue weighted by Gasteiger charge is -2.27. The molecule has 0 aromatic heterocycles. The van der Waals surface area contributed by atoms with E-state index in [9.17, 15) is 9.90 Å². The van der Waals surface area contributed by atoms with Crippen molar-refractivity contribution in [3.8, 4) is 5.75 Å². The monoisotopic (exact) mass is 375 g/mol. The fraction of sp³-hybridized carbons (Fsp3) is 0.600. The lowest BCUT2D eigenvalue weighted by Crippen LogP contribution is -2.43. The number of phenols is 1. The molecule has 1 fully saturated rings. The van der Waals surface area contributed by atoms with E-state index in [-0.39, 0.29) is 17.2 Å². The molecular formula is C20H33N5O2. The summed E-state index contributed by atoms with van der Waals surface area (Å²) in [6, 6.07) is 7.12. The van der Waals surface area contributed by atoms with E-state index >= 15 is 0 Å². The fourth-order valence-electron chi connectivity index (χ4n) is 3.49. The second-order valence-electron chi connectivity index (χ2n) is 6.62. The SMILES string of the molecule is CCNC(=NCCNC(=O)c1ccccc1O)N1CCC(N(CC)CC)C1. The minimum Gasteiger partial charge on any atom is -0.507 e. The van der Waals surface area contributed by atoms with E-state index in [1.165, 1.54) is 6.07 Å². The number of amides is 1. The van der Waals surface area contributed by atoms with Crippen LogP contribution >= 0.6 is 0 Å². The summed E-state index contributed by atoms with van der Waals surface area (Å²) in [6.45, 7) is 12.3. The molecule has 0 bridgehead atoms. The first kappa shape index (κ1) is 21.0. The maximum absolute atomic E-state index is 12.1. The Labute approximate surface area is 162 Å². The molecule has 1 heterocycles. The Kier molecular flexibility index (Phi) is 8.39. The van der Waals surface area contributed by atoms with E-state index in [1.807, 2.05) is 0 Å². The molecule has 1 aliphatic rings. The summed E-state index contributed by atoms with van der Waals surface area (Å²) in [7, 11) is 0. The van der Waals surface area contributed by atoms with Crippen LogP contribution in [0.2, 0.25) is 0 Å². The molecule has 1 saturated heterocycles. The summed E-state index contributed by atoms with van der Waals surface area (Å²) in [4.78, 5) is 21.6. The maximum Gasteiger partial charge on any atom is 0.255 e. The van der Waals surface area contributed by atoms with E-state index in [0.717, 1.165) is 45.1 Å². The summed E-state index contributed by atoms with van der Waals surface area (Å²) >= 11 is 0. The molecule has 0 radical (unpaired) electrons. The van der Waals surface area contributed by atoms with Crippen LogP contribution in [0.15, 0.2) is 29.3 Å². The zero-order chi connectivity index (χ0) is 19.6. The van der Waals surface area contributed by atoms with Gasteiger partial charge in [-0.05, 0) is 38.6 Å². The highest BCUT2D eigenvalue weighted by molar-refractivity contribution is 5.96. The minimum atomic E-state index is -0.281. The van der Waals surface area contributed by atoms with Gasteiger partial charge in [-0.3, -0.25) is 14.7 Å². The molecule has 1 unspecified atom stereocenters. The number of carbonyl (C=O) groups excluding carboxylic acids is 1. The summed E-state index contributed by atoms with van der Waals surface area (Å²) < 4.78 is 0. The number of benzene rings is 1. The molecule has 27 heavy (non-hydrogen) atoms. The molecule has 0 aliphatic carbocycles. The van der Waals surface area contributed by atoms with Crippen molar-refractivity contribution < 1.29 is 9.90 Å². The van der Waals surface area contributed by atoms with Gasteiger partial charge in [0.05, 0.1) is 12.1 Å². The van der Waals surface area contributed by atoms with Gasteiger partial charge in [0.25, 0.3) is 5.91 Å². The number of phenolic OH excluding ortho intramolecular Hbond substituents is 1. The predicted molar refractivity (Wildman–Crippen MR) is 109 cm³/mol. The highest BCUT2D eigenvalue weighted by atomic mass is 16.3.